The molecule has 2 unspecified atom stereocenters. The van der Waals surface area contributed by atoms with Crippen LogP contribution < -0.4 is 5.32 Å². The molecule has 17 heteroatoms. The fourth-order valence-corrected chi connectivity index (χ4v) is 3.59. The van der Waals surface area contributed by atoms with Crippen LogP contribution in [0.4, 0.5) is 27.8 Å². The molecule has 4 rings (SSSR count). The zero-order valence-corrected chi connectivity index (χ0v) is 21.8. The van der Waals surface area contributed by atoms with Crippen LogP contribution in [-0.2, 0) is 20.4 Å². The Morgan fingerprint density at radius 1 is 1.15 bits per heavy atom. The fraction of sp³-hybridized carbons (Fsp3) is 0.304. The van der Waals surface area contributed by atoms with Gasteiger partial charge in [0.15, 0.2) is 29.9 Å². The van der Waals surface area contributed by atoms with Crippen LogP contribution in [0.2, 0.25) is 0 Å². The lowest BCUT2D eigenvalue weighted by molar-refractivity contribution is -0.278. The maximum absolute atomic E-state index is 14.5. The zero-order valence-electron chi connectivity index (χ0n) is 20.9. The minimum absolute atomic E-state index is 0.0248. The molecule has 0 aliphatic rings. The molecule has 4 aromatic rings. The summed E-state index contributed by atoms with van der Waals surface area (Å²) in [5.74, 6) is -2.30. The molecule has 2 atom stereocenters. The highest BCUT2D eigenvalue weighted by atomic mass is 31.2. The first kappa shape index (κ1) is 29.3. The Bertz CT molecular complexity index is 1510. The summed E-state index contributed by atoms with van der Waals surface area (Å²) in [5.41, 5.74) is -1.84. The largest absolute Gasteiger partial charge is 0.419 e. The molecule has 0 saturated carbocycles. The highest BCUT2D eigenvalue weighted by molar-refractivity contribution is 7.51. The highest BCUT2D eigenvalue weighted by Crippen LogP contribution is 2.39. The van der Waals surface area contributed by atoms with Gasteiger partial charge in [0, 0.05) is 18.3 Å². The molecule has 11 nitrogen and oxygen atoms in total. The maximum atomic E-state index is 14.5. The predicted octanol–water partition coefficient (Wildman–Crippen LogP) is 4.86. The summed E-state index contributed by atoms with van der Waals surface area (Å²) < 4.78 is 96.6. The molecule has 40 heavy (non-hydrogen) atoms. The second-order valence-corrected chi connectivity index (χ2v) is 10.6. The van der Waals surface area contributed by atoms with E-state index in [0.717, 1.165) is 12.9 Å². The minimum Gasteiger partial charge on any atom is -0.364 e. The first-order valence-corrected chi connectivity index (χ1v) is 13.4. The van der Waals surface area contributed by atoms with E-state index >= 15 is 0 Å². The lowest BCUT2D eigenvalue weighted by atomic mass is 10.1. The van der Waals surface area contributed by atoms with Crippen LogP contribution in [0, 0.1) is 11.6 Å². The van der Waals surface area contributed by atoms with Crippen molar-refractivity contribution in [3.05, 3.63) is 66.1 Å². The third kappa shape index (κ3) is 6.88. The standard InChI is InChI=1S/C23H22F5N6O5P/c1-22(23(26,27)28,37-13-39-40(2,35)36)12-30-20-16(25)10-29-21(31-20)18-9-19(17-7-8-38-33-17)34(32-18)11-14-5-3-4-6-15(14)24/h3-10H,11-13H2,1-2H3,(H,35,36)(H,29,30,31). The van der Waals surface area contributed by atoms with Crippen molar-refractivity contribution in [1.82, 2.24) is 24.9 Å². The van der Waals surface area contributed by atoms with Crippen LogP contribution in [0.25, 0.3) is 22.9 Å². The van der Waals surface area contributed by atoms with Crippen LogP contribution in [-0.4, -0.2) is 61.6 Å². The lowest BCUT2D eigenvalue weighted by Crippen LogP contribution is -2.50. The Hall–Kier alpha value is -3.72. The topological polar surface area (TPSA) is 137 Å². The van der Waals surface area contributed by atoms with Gasteiger partial charge in [-0.1, -0.05) is 23.4 Å². The number of hydrogen-bond acceptors (Lipinski definition) is 9. The van der Waals surface area contributed by atoms with Gasteiger partial charge in [0.05, 0.1) is 25.0 Å². The number of hydrogen-bond donors (Lipinski definition) is 2. The van der Waals surface area contributed by atoms with Crippen molar-refractivity contribution in [2.24, 2.45) is 0 Å². The Morgan fingerprint density at radius 2 is 1.90 bits per heavy atom. The average molecular weight is 588 g/mol. The molecule has 0 saturated heterocycles. The van der Waals surface area contributed by atoms with Crippen molar-refractivity contribution in [3.63, 3.8) is 0 Å². The number of ether oxygens (including phenoxy) is 1. The highest BCUT2D eigenvalue weighted by Gasteiger charge is 2.52. The summed E-state index contributed by atoms with van der Waals surface area (Å²) in [4.78, 5) is 17.0. The summed E-state index contributed by atoms with van der Waals surface area (Å²) in [6.45, 7) is -0.787. The Balaban J connectivity index is 1.61. The van der Waals surface area contributed by atoms with Crippen molar-refractivity contribution < 1.29 is 45.2 Å². The summed E-state index contributed by atoms with van der Waals surface area (Å²) >= 11 is 0. The SMILES string of the molecule is CC(CNc1nc(-c2cc(-c3ccon3)n(Cc3ccccc3F)n2)ncc1F)(OCOP(C)(=O)O)C(F)(F)F. The molecule has 0 aliphatic heterocycles. The van der Waals surface area contributed by atoms with E-state index in [9.17, 15) is 26.5 Å². The molecular weight excluding hydrogens is 566 g/mol. The molecule has 0 radical (unpaired) electrons. The minimum atomic E-state index is -4.99. The van der Waals surface area contributed by atoms with Crippen molar-refractivity contribution in [2.45, 2.75) is 25.2 Å². The van der Waals surface area contributed by atoms with Crippen molar-refractivity contribution in [1.29, 1.82) is 0 Å². The molecule has 0 amide bonds. The number of anilines is 1. The number of nitrogens with one attached hydrogen (secondary N) is 1. The van der Waals surface area contributed by atoms with E-state index in [4.69, 9.17) is 14.2 Å². The molecule has 1 aromatic carbocycles. The summed E-state index contributed by atoms with van der Waals surface area (Å²) in [6.07, 6.45) is -2.93. The molecule has 0 fully saturated rings. The Kier molecular flexibility index (Phi) is 8.35. The Labute approximate surface area is 223 Å². The van der Waals surface area contributed by atoms with Gasteiger partial charge in [-0.05, 0) is 19.1 Å². The monoisotopic (exact) mass is 588 g/mol. The van der Waals surface area contributed by atoms with E-state index in [1.165, 1.54) is 35.2 Å². The number of rotatable bonds is 11. The van der Waals surface area contributed by atoms with E-state index in [1.807, 2.05) is 0 Å². The van der Waals surface area contributed by atoms with Crippen molar-refractivity contribution in [3.8, 4) is 22.9 Å². The van der Waals surface area contributed by atoms with Gasteiger partial charge in [-0.2, -0.15) is 18.3 Å². The van der Waals surface area contributed by atoms with E-state index in [1.54, 1.807) is 12.1 Å². The van der Waals surface area contributed by atoms with Gasteiger partial charge in [0.2, 0.25) is 0 Å². The smallest absolute Gasteiger partial charge is 0.364 e. The van der Waals surface area contributed by atoms with E-state index in [2.05, 4.69) is 30.1 Å². The fourth-order valence-electron chi connectivity index (χ4n) is 3.34. The van der Waals surface area contributed by atoms with Gasteiger partial charge >= 0.3 is 13.8 Å². The molecule has 0 aliphatic carbocycles. The van der Waals surface area contributed by atoms with Gasteiger partial charge in [0.1, 0.15) is 23.5 Å². The number of alkyl halides is 3. The molecule has 3 aromatic heterocycles. The normalized spacial score (nSPS) is 15.0. The average Bonchev–Trinajstić information content (AvgIpc) is 3.54. The van der Waals surface area contributed by atoms with Crippen LogP contribution >= 0.6 is 7.60 Å². The van der Waals surface area contributed by atoms with Gasteiger partial charge < -0.3 is 19.5 Å². The first-order chi connectivity index (χ1) is 18.8. The lowest BCUT2D eigenvalue weighted by Gasteiger charge is -2.32. The predicted molar refractivity (Wildman–Crippen MR) is 130 cm³/mol. The Morgan fingerprint density at radius 3 is 2.55 bits per heavy atom. The molecule has 214 valence electrons. The molecular formula is C23H22F5N6O5P. The van der Waals surface area contributed by atoms with E-state index in [0.29, 0.717) is 23.9 Å². The summed E-state index contributed by atoms with van der Waals surface area (Å²) in [7, 11) is -4.11. The number of nitrogens with zero attached hydrogens (tertiary/aromatic N) is 5. The molecule has 3 heterocycles. The second-order valence-electron chi connectivity index (χ2n) is 8.72. The number of aromatic nitrogens is 5. The van der Waals surface area contributed by atoms with Gasteiger partial charge in [-0.25, -0.2) is 18.7 Å². The van der Waals surface area contributed by atoms with E-state index in [-0.39, 0.29) is 18.1 Å². The second kappa shape index (κ2) is 11.4. The molecule has 2 N–H and O–H groups in total. The van der Waals surface area contributed by atoms with Gasteiger partial charge in [0.25, 0.3) is 0 Å². The van der Waals surface area contributed by atoms with Crippen molar-refractivity contribution in [2.75, 3.05) is 25.3 Å². The number of halogens is 5. The number of benzene rings is 1. The molecule has 0 spiro atoms. The van der Waals surface area contributed by atoms with E-state index < -0.39 is 50.2 Å². The summed E-state index contributed by atoms with van der Waals surface area (Å²) in [5, 5.41) is 10.5. The quantitative estimate of drug-likeness (QED) is 0.142. The maximum Gasteiger partial charge on any atom is 0.419 e. The van der Waals surface area contributed by atoms with Crippen LogP contribution in [0.15, 0.2) is 53.4 Å². The summed E-state index contributed by atoms with van der Waals surface area (Å²) in [6, 6.07) is 9.04. The van der Waals surface area contributed by atoms with Crippen molar-refractivity contribution >= 4 is 13.4 Å². The third-order valence-corrected chi connectivity index (χ3v) is 6.18. The van der Waals surface area contributed by atoms with Crippen LogP contribution in [0.1, 0.15) is 12.5 Å². The van der Waals surface area contributed by atoms with Crippen LogP contribution in [0.3, 0.4) is 0 Å². The van der Waals surface area contributed by atoms with Crippen LogP contribution in [0.5, 0.6) is 0 Å². The first-order valence-electron chi connectivity index (χ1n) is 11.4. The van der Waals surface area contributed by atoms with Gasteiger partial charge in [-0.3, -0.25) is 13.8 Å². The zero-order chi connectivity index (χ0) is 29.1. The van der Waals surface area contributed by atoms with Gasteiger partial charge in [-0.15, -0.1) is 0 Å². The molecule has 0 bridgehead atoms. The third-order valence-electron chi connectivity index (χ3n) is 5.59.